The molecule has 1 amide bonds. The smallest absolute Gasteiger partial charge is 0.233 e. The van der Waals surface area contributed by atoms with Crippen LogP contribution < -0.4 is 4.90 Å². The zero-order valence-electron chi connectivity index (χ0n) is 17.1. The number of rotatable bonds is 6. The van der Waals surface area contributed by atoms with Crippen molar-refractivity contribution in [3.63, 3.8) is 0 Å². The van der Waals surface area contributed by atoms with Crippen molar-refractivity contribution in [2.24, 2.45) is 0 Å². The first-order chi connectivity index (χ1) is 14.1. The van der Waals surface area contributed by atoms with Crippen molar-refractivity contribution in [2.75, 3.05) is 37.0 Å². The third kappa shape index (κ3) is 4.61. The first kappa shape index (κ1) is 20.3. The van der Waals surface area contributed by atoms with Gasteiger partial charge < -0.3 is 19.0 Å². The lowest BCUT2D eigenvalue weighted by Crippen LogP contribution is -2.48. The number of carbonyl (C=O) groups is 1. The standard InChI is InChI=1S/C20H29N5O3S/c1-15-5-3-6-16(2)25(15)18(26)14-29-20-22-21-19(23-8-11-27-12-9-23)24(20)13-17-7-4-10-28-17/h4,7,10,15-16H,3,5-6,8-9,11-14H2,1-2H3/t15-,16+. The number of hydrogen-bond donors (Lipinski definition) is 0. The quantitative estimate of drug-likeness (QED) is 0.666. The molecule has 4 heterocycles. The molecule has 0 radical (unpaired) electrons. The van der Waals surface area contributed by atoms with E-state index in [4.69, 9.17) is 9.15 Å². The molecule has 0 spiro atoms. The molecule has 2 aliphatic heterocycles. The van der Waals surface area contributed by atoms with E-state index in [1.54, 1.807) is 6.26 Å². The molecule has 2 aliphatic rings. The molecule has 4 rings (SSSR count). The van der Waals surface area contributed by atoms with Crippen molar-refractivity contribution in [1.29, 1.82) is 0 Å². The number of hydrogen-bond acceptors (Lipinski definition) is 7. The molecular weight excluding hydrogens is 390 g/mol. The van der Waals surface area contributed by atoms with E-state index in [-0.39, 0.29) is 5.91 Å². The second-order valence-corrected chi connectivity index (χ2v) is 8.71. The van der Waals surface area contributed by atoms with Crippen molar-refractivity contribution >= 4 is 23.6 Å². The Labute approximate surface area is 175 Å². The molecule has 29 heavy (non-hydrogen) atoms. The van der Waals surface area contributed by atoms with Gasteiger partial charge in [0.15, 0.2) is 5.16 Å². The van der Waals surface area contributed by atoms with Crippen LogP contribution in [0.1, 0.15) is 38.9 Å². The van der Waals surface area contributed by atoms with Crippen molar-refractivity contribution < 1.29 is 13.9 Å². The molecule has 2 fully saturated rings. The van der Waals surface area contributed by atoms with E-state index in [0.29, 0.717) is 37.6 Å². The Morgan fingerprint density at radius 3 is 2.66 bits per heavy atom. The maximum atomic E-state index is 12.9. The summed E-state index contributed by atoms with van der Waals surface area (Å²) in [7, 11) is 0. The van der Waals surface area contributed by atoms with E-state index in [0.717, 1.165) is 42.8 Å². The molecule has 9 heteroatoms. The minimum atomic E-state index is 0.176. The molecule has 2 aromatic heterocycles. The number of aromatic nitrogens is 3. The normalized spacial score (nSPS) is 22.8. The van der Waals surface area contributed by atoms with Gasteiger partial charge in [-0.05, 0) is 45.2 Å². The van der Waals surface area contributed by atoms with E-state index < -0.39 is 0 Å². The molecule has 8 nitrogen and oxygen atoms in total. The molecule has 0 saturated carbocycles. The molecule has 0 unspecified atom stereocenters. The zero-order valence-corrected chi connectivity index (χ0v) is 17.9. The summed E-state index contributed by atoms with van der Waals surface area (Å²) < 4.78 is 13.1. The van der Waals surface area contributed by atoms with Crippen LogP contribution in [0, 0.1) is 0 Å². The summed E-state index contributed by atoms with van der Waals surface area (Å²) in [5.74, 6) is 2.19. The molecule has 0 bridgehead atoms. The number of morpholine rings is 1. The molecular formula is C20H29N5O3S. The van der Waals surface area contributed by atoms with E-state index >= 15 is 0 Å². The van der Waals surface area contributed by atoms with Crippen LogP contribution in [0.4, 0.5) is 5.95 Å². The fraction of sp³-hybridized carbons (Fsp3) is 0.650. The highest BCUT2D eigenvalue weighted by Crippen LogP contribution is 2.27. The largest absolute Gasteiger partial charge is 0.467 e. The number of likely N-dealkylation sites (tertiary alicyclic amines) is 1. The Hall–Kier alpha value is -2.00. The Balaban J connectivity index is 1.50. The predicted octanol–water partition coefficient (Wildman–Crippen LogP) is 2.64. The van der Waals surface area contributed by atoms with Gasteiger partial charge in [0, 0.05) is 25.2 Å². The van der Waals surface area contributed by atoms with Crippen LogP contribution in [0.15, 0.2) is 28.0 Å². The van der Waals surface area contributed by atoms with Gasteiger partial charge in [0.25, 0.3) is 0 Å². The van der Waals surface area contributed by atoms with Crippen LogP contribution in [-0.4, -0.2) is 69.7 Å². The summed E-state index contributed by atoms with van der Waals surface area (Å²) in [6, 6.07) is 4.43. The lowest BCUT2D eigenvalue weighted by molar-refractivity contribution is -0.134. The first-order valence-corrected chi connectivity index (χ1v) is 11.3. The average Bonchev–Trinajstić information content (AvgIpc) is 3.37. The van der Waals surface area contributed by atoms with Gasteiger partial charge in [-0.2, -0.15) is 0 Å². The number of furan rings is 1. The minimum absolute atomic E-state index is 0.176. The molecule has 158 valence electrons. The van der Waals surface area contributed by atoms with Gasteiger partial charge in [-0.1, -0.05) is 11.8 Å². The topological polar surface area (TPSA) is 76.6 Å². The lowest BCUT2D eigenvalue weighted by Gasteiger charge is -2.39. The number of nitrogens with zero attached hydrogens (tertiary/aromatic N) is 5. The van der Waals surface area contributed by atoms with Gasteiger partial charge in [-0.3, -0.25) is 9.36 Å². The fourth-order valence-corrected chi connectivity index (χ4v) is 5.00. The Bertz CT molecular complexity index is 793. The van der Waals surface area contributed by atoms with E-state index in [1.165, 1.54) is 18.2 Å². The van der Waals surface area contributed by atoms with Crippen molar-refractivity contribution in [1.82, 2.24) is 19.7 Å². The highest BCUT2D eigenvalue weighted by Gasteiger charge is 2.29. The Kier molecular flexibility index (Phi) is 6.44. The predicted molar refractivity (Wildman–Crippen MR) is 111 cm³/mol. The summed E-state index contributed by atoms with van der Waals surface area (Å²) in [4.78, 5) is 17.2. The van der Waals surface area contributed by atoms with Crippen LogP contribution in [0.5, 0.6) is 0 Å². The van der Waals surface area contributed by atoms with Crippen molar-refractivity contribution in [3.05, 3.63) is 24.2 Å². The van der Waals surface area contributed by atoms with Crippen LogP contribution in [0.2, 0.25) is 0 Å². The summed E-state index contributed by atoms with van der Waals surface area (Å²) >= 11 is 1.46. The number of piperidine rings is 1. The average molecular weight is 420 g/mol. The monoisotopic (exact) mass is 419 g/mol. The number of ether oxygens (including phenoxy) is 1. The van der Waals surface area contributed by atoms with Gasteiger partial charge in [0.1, 0.15) is 5.76 Å². The maximum Gasteiger partial charge on any atom is 0.233 e. The molecule has 0 aliphatic carbocycles. The second kappa shape index (κ2) is 9.21. The summed E-state index contributed by atoms with van der Waals surface area (Å²) in [5.41, 5.74) is 0. The van der Waals surface area contributed by atoms with Gasteiger partial charge >= 0.3 is 0 Å². The van der Waals surface area contributed by atoms with Crippen molar-refractivity contribution in [3.8, 4) is 0 Å². The van der Waals surface area contributed by atoms with Crippen LogP contribution in [0.3, 0.4) is 0 Å². The molecule has 2 aromatic rings. The summed E-state index contributed by atoms with van der Waals surface area (Å²) in [6.07, 6.45) is 5.02. The van der Waals surface area contributed by atoms with Crippen LogP contribution >= 0.6 is 11.8 Å². The van der Waals surface area contributed by atoms with Crippen molar-refractivity contribution in [2.45, 2.75) is 56.9 Å². The first-order valence-electron chi connectivity index (χ1n) is 10.4. The number of thioether (sulfide) groups is 1. The third-order valence-corrected chi connectivity index (χ3v) is 6.64. The second-order valence-electron chi connectivity index (χ2n) is 7.77. The maximum absolute atomic E-state index is 12.9. The fourth-order valence-electron chi connectivity index (χ4n) is 4.20. The highest BCUT2D eigenvalue weighted by molar-refractivity contribution is 7.99. The zero-order chi connectivity index (χ0) is 20.2. The summed E-state index contributed by atoms with van der Waals surface area (Å²) in [6.45, 7) is 7.76. The number of carbonyl (C=O) groups excluding carboxylic acids is 1. The van der Waals surface area contributed by atoms with E-state index in [1.807, 2.05) is 21.6 Å². The molecule has 2 saturated heterocycles. The lowest BCUT2D eigenvalue weighted by atomic mass is 9.98. The molecule has 0 N–H and O–H groups in total. The van der Waals surface area contributed by atoms with Gasteiger partial charge in [-0.15, -0.1) is 10.2 Å². The molecule has 0 aromatic carbocycles. The number of amides is 1. The SMILES string of the molecule is C[C@@H]1CCC[C@H](C)N1C(=O)CSc1nnc(N2CCOCC2)n1Cc1ccco1. The summed E-state index contributed by atoms with van der Waals surface area (Å²) in [5, 5.41) is 9.59. The van der Waals surface area contributed by atoms with E-state index in [9.17, 15) is 4.79 Å². The van der Waals surface area contributed by atoms with Gasteiger partial charge in [0.05, 0.1) is 31.8 Å². The van der Waals surface area contributed by atoms with Gasteiger partial charge in [0.2, 0.25) is 11.9 Å². The Morgan fingerprint density at radius 2 is 1.97 bits per heavy atom. The minimum Gasteiger partial charge on any atom is -0.467 e. The molecule has 2 atom stereocenters. The van der Waals surface area contributed by atoms with Crippen LogP contribution in [0.25, 0.3) is 0 Å². The van der Waals surface area contributed by atoms with Gasteiger partial charge in [-0.25, -0.2) is 0 Å². The number of anilines is 1. The van der Waals surface area contributed by atoms with E-state index in [2.05, 4.69) is 28.9 Å². The highest BCUT2D eigenvalue weighted by atomic mass is 32.2. The van der Waals surface area contributed by atoms with Crippen LogP contribution in [-0.2, 0) is 16.1 Å². The Morgan fingerprint density at radius 1 is 1.21 bits per heavy atom. The third-order valence-electron chi connectivity index (χ3n) is 5.69.